The molecule has 4 nitrogen and oxygen atoms in total. The van der Waals surface area contributed by atoms with E-state index >= 15 is 0 Å². The van der Waals surface area contributed by atoms with E-state index in [0.717, 1.165) is 37.0 Å². The van der Waals surface area contributed by atoms with Gasteiger partial charge in [0.05, 0.1) is 11.3 Å². The van der Waals surface area contributed by atoms with Gasteiger partial charge in [0.25, 0.3) is 5.91 Å². The Balaban J connectivity index is 1.97. The van der Waals surface area contributed by atoms with E-state index in [0.29, 0.717) is 5.57 Å². The number of carbonyl (C=O) groups is 1. The van der Waals surface area contributed by atoms with Crippen molar-refractivity contribution < 1.29 is 14.6 Å². The fraction of sp³-hybridized carbons (Fsp3) is 0.471. The molecule has 0 radical (unpaired) electrons. The maximum Gasteiger partial charge on any atom is 0.254 e. The Hall–Kier alpha value is -1.97. The van der Waals surface area contributed by atoms with Crippen LogP contribution >= 0.6 is 0 Å². The smallest absolute Gasteiger partial charge is 0.254 e. The van der Waals surface area contributed by atoms with Crippen molar-refractivity contribution in [1.29, 1.82) is 0 Å². The fourth-order valence-corrected chi connectivity index (χ4v) is 4.30. The lowest BCUT2D eigenvalue weighted by Gasteiger charge is -2.54. The molecule has 1 aromatic rings. The van der Waals surface area contributed by atoms with Gasteiger partial charge in [0, 0.05) is 23.8 Å². The van der Waals surface area contributed by atoms with Crippen LogP contribution in [0.15, 0.2) is 35.6 Å². The minimum absolute atomic E-state index is 0.0611. The summed E-state index contributed by atoms with van der Waals surface area (Å²) >= 11 is 0. The molecular weight excluding hydrogens is 266 g/mol. The van der Waals surface area contributed by atoms with Crippen LogP contribution in [0.4, 0.5) is 0 Å². The van der Waals surface area contributed by atoms with Crippen LogP contribution in [0.3, 0.4) is 0 Å². The molecule has 3 atom stereocenters. The van der Waals surface area contributed by atoms with Gasteiger partial charge in [0.2, 0.25) is 0 Å². The van der Waals surface area contributed by atoms with Gasteiger partial charge in [-0.3, -0.25) is 4.79 Å². The number of hydrogen-bond acceptors (Lipinski definition) is 3. The molecule has 21 heavy (non-hydrogen) atoms. The summed E-state index contributed by atoms with van der Waals surface area (Å²) in [5, 5.41) is 13.1. The number of benzene rings is 1. The molecule has 2 N–H and O–H groups in total. The van der Waals surface area contributed by atoms with Crippen molar-refractivity contribution in [3.05, 3.63) is 41.2 Å². The van der Waals surface area contributed by atoms with Crippen LogP contribution in [-0.4, -0.2) is 16.7 Å². The minimum Gasteiger partial charge on any atom is -0.512 e. The molecule has 1 saturated carbocycles. The van der Waals surface area contributed by atoms with Gasteiger partial charge in [0.1, 0.15) is 5.75 Å². The number of hydrogen-bond donors (Lipinski definition) is 2. The Labute approximate surface area is 123 Å². The second kappa shape index (κ2) is 4.26. The molecule has 4 heteroatoms. The molecule has 4 rings (SSSR count). The summed E-state index contributed by atoms with van der Waals surface area (Å²) in [7, 11) is 0. The van der Waals surface area contributed by atoms with Crippen molar-refractivity contribution in [1.82, 2.24) is 5.32 Å². The zero-order chi connectivity index (χ0) is 14.6. The lowest BCUT2D eigenvalue weighted by Crippen LogP contribution is -2.66. The molecule has 110 valence electrons. The summed E-state index contributed by atoms with van der Waals surface area (Å²) in [6, 6.07) is 7.89. The van der Waals surface area contributed by atoms with Crippen LogP contribution in [0.2, 0.25) is 0 Å². The van der Waals surface area contributed by atoms with Crippen molar-refractivity contribution in [3.63, 3.8) is 0 Å². The Kier molecular flexibility index (Phi) is 2.59. The number of amides is 1. The zero-order valence-corrected chi connectivity index (χ0v) is 12.1. The Morgan fingerprint density at radius 2 is 2.19 bits per heavy atom. The predicted octanol–water partition coefficient (Wildman–Crippen LogP) is 3.01. The van der Waals surface area contributed by atoms with Crippen LogP contribution in [0.25, 0.3) is 0 Å². The molecule has 2 heterocycles. The van der Waals surface area contributed by atoms with Crippen LogP contribution in [0, 0.1) is 5.92 Å². The second-order valence-corrected chi connectivity index (χ2v) is 6.31. The highest BCUT2D eigenvalue weighted by atomic mass is 16.5. The number of allylic oxidation sites excluding steroid dienone is 1. The van der Waals surface area contributed by atoms with Crippen molar-refractivity contribution in [2.75, 3.05) is 0 Å². The first-order valence-electron chi connectivity index (χ1n) is 7.62. The van der Waals surface area contributed by atoms with Crippen molar-refractivity contribution in [2.45, 2.75) is 44.2 Å². The van der Waals surface area contributed by atoms with E-state index in [4.69, 9.17) is 4.74 Å². The number of ether oxygens (including phenoxy) is 1. The van der Waals surface area contributed by atoms with Crippen molar-refractivity contribution in [3.8, 4) is 5.75 Å². The third-order valence-corrected chi connectivity index (χ3v) is 5.13. The number of rotatable bonds is 0. The van der Waals surface area contributed by atoms with Gasteiger partial charge in [-0.05, 0) is 25.8 Å². The fourth-order valence-electron chi connectivity index (χ4n) is 4.30. The summed E-state index contributed by atoms with van der Waals surface area (Å²) < 4.78 is 6.26. The molecule has 2 aliphatic heterocycles. The van der Waals surface area contributed by atoms with Gasteiger partial charge < -0.3 is 15.2 Å². The maximum absolute atomic E-state index is 12.5. The van der Waals surface area contributed by atoms with Crippen LogP contribution in [-0.2, 0) is 4.79 Å². The van der Waals surface area contributed by atoms with Gasteiger partial charge in [-0.15, -0.1) is 0 Å². The van der Waals surface area contributed by atoms with Gasteiger partial charge >= 0.3 is 0 Å². The van der Waals surface area contributed by atoms with E-state index in [1.807, 2.05) is 24.3 Å². The van der Waals surface area contributed by atoms with Crippen molar-refractivity contribution >= 4 is 5.91 Å². The SMILES string of the molecule is CC(O)=C1C(=O)NC23CCCCC2C1c1ccccc1O3. The topological polar surface area (TPSA) is 58.6 Å². The van der Waals surface area contributed by atoms with Gasteiger partial charge in [-0.25, -0.2) is 0 Å². The van der Waals surface area contributed by atoms with Gasteiger partial charge in [-0.1, -0.05) is 24.6 Å². The molecule has 1 aliphatic carbocycles. The largest absolute Gasteiger partial charge is 0.512 e. The molecule has 1 saturated heterocycles. The third kappa shape index (κ3) is 1.65. The zero-order valence-electron chi connectivity index (χ0n) is 12.1. The molecule has 3 unspecified atom stereocenters. The van der Waals surface area contributed by atoms with E-state index in [1.54, 1.807) is 6.92 Å². The number of fused-ring (bicyclic) bond motifs is 2. The van der Waals surface area contributed by atoms with Crippen LogP contribution < -0.4 is 10.1 Å². The highest BCUT2D eigenvalue weighted by Crippen LogP contribution is 2.55. The minimum atomic E-state index is -0.590. The normalized spacial score (nSPS) is 36.0. The quantitative estimate of drug-likeness (QED) is 0.569. The maximum atomic E-state index is 12.5. The summed E-state index contributed by atoms with van der Waals surface area (Å²) in [6.07, 6.45) is 4.05. The Morgan fingerprint density at radius 1 is 1.38 bits per heavy atom. The van der Waals surface area contributed by atoms with E-state index in [1.165, 1.54) is 0 Å². The van der Waals surface area contributed by atoms with Gasteiger partial charge in [0.15, 0.2) is 5.72 Å². The summed E-state index contributed by atoms with van der Waals surface area (Å²) in [5.74, 6) is 0.908. The second-order valence-electron chi connectivity index (χ2n) is 6.31. The number of piperidine rings is 1. The summed E-state index contributed by atoms with van der Waals surface area (Å²) in [4.78, 5) is 12.5. The lowest BCUT2D eigenvalue weighted by molar-refractivity contribution is -0.140. The van der Waals surface area contributed by atoms with E-state index in [2.05, 4.69) is 5.32 Å². The molecule has 0 aromatic heterocycles. The highest BCUT2D eigenvalue weighted by molar-refractivity contribution is 5.97. The first-order valence-corrected chi connectivity index (χ1v) is 7.62. The first kappa shape index (κ1) is 12.7. The average molecular weight is 285 g/mol. The predicted molar refractivity (Wildman–Crippen MR) is 78.0 cm³/mol. The number of aliphatic hydroxyl groups excluding tert-OH is 1. The number of aliphatic hydroxyl groups is 1. The standard InChI is InChI=1S/C17H19NO3/c1-10(19)14-15-11-6-2-3-8-13(11)21-17(18-16(14)20)9-5-4-7-12(15)17/h2-3,6,8,12,15,19H,4-5,7,9H2,1H3,(H,18,20). The third-order valence-electron chi connectivity index (χ3n) is 5.13. The molecule has 1 amide bonds. The van der Waals surface area contributed by atoms with E-state index in [-0.39, 0.29) is 23.5 Å². The van der Waals surface area contributed by atoms with Gasteiger partial charge in [-0.2, -0.15) is 0 Å². The monoisotopic (exact) mass is 285 g/mol. The molecule has 3 aliphatic rings. The average Bonchev–Trinajstić information content (AvgIpc) is 2.45. The molecular formula is C17H19NO3. The molecule has 2 fully saturated rings. The molecule has 1 aromatic carbocycles. The Morgan fingerprint density at radius 3 is 3.00 bits per heavy atom. The number of nitrogens with one attached hydrogen (secondary N) is 1. The van der Waals surface area contributed by atoms with Crippen molar-refractivity contribution in [2.24, 2.45) is 5.92 Å². The Bertz CT molecular complexity index is 647. The van der Waals surface area contributed by atoms with E-state index in [9.17, 15) is 9.90 Å². The van der Waals surface area contributed by atoms with Crippen LogP contribution in [0.1, 0.15) is 44.1 Å². The molecule has 2 bridgehead atoms. The molecule has 0 spiro atoms. The first-order chi connectivity index (χ1) is 10.1. The van der Waals surface area contributed by atoms with E-state index < -0.39 is 5.72 Å². The summed E-state index contributed by atoms with van der Waals surface area (Å²) in [5.41, 5.74) is 0.944. The van der Waals surface area contributed by atoms with Crippen LogP contribution in [0.5, 0.6) is 5.75 Å². The number of para-hydroxylation sites is 1. The number of carbonyl (C=O) groups excluding carboxylic acids is 1. The summed E-state index contributed by atoms with van der Waals surface area (Å²) in [6.45, 7) is 1.60. The lowest BCUT2D eigenvalue weighted by atomic mass is 9.64. The highest BCUT2D eigenvalue weighted by Gasteiger charge is 2.57.